The number of aliphatic carboxylic acids is 1. The Labute approximate surface area is 178 Å². The average Bonchev–Trinajstić information content (AvgIpc) is 2.67. The van der Waals surface area contributed by atoms with Crippen LogP contribution in [-0.2, 0) is 16.0 Å². The lowest BCUT2D eigenvalue weighted by Gasteiger charge is -2.31. The molecule has 158 valence electrons. The maximum Gasteiger partial charge on any atom is 0.326 e. The van der Waals surface area contributed by atoms with E-state index in [0.29, 0.717) is 24.5 Å². The van der Waals surface area contributed by atoms with E-state index < -0.39 is 12.0 Å². The van der Waals surface area contributed by atoms with Crippen molar-refractivity contribution in [3.63, 3.8) is 0 Å². The van der Waals surface area contributed by atoms with Crippen LogP contribution in [0.2, 0.25) is 0 Å². The molecule has 1 aromatic carbocycles. The van der Waals surface area contributed by atoms with Crippen molar-refractivity contribution in [2.24, 2.45) is 11.8 Å². The van der Waals surface area contributed by atoms with Gasteiger partial charge in [0.25, 0.3) is 0 Å². The first-order chi connectivity index (χ1) is 13.7. The predicted octanol–water partition coefficient (Wildman–Crippen LogP) is 4.04. The van der Waals surface area contributed by atoms with Crippen LogP contribution in [0.4, 0.5) is 0 Å². The van der Waals surface area contributed by atoms with E-state index in [4.69, 9.17) is 17.4 Å². The molecule has 3 atom stereocenters. The molecule has 0 bridgehead atoms. The maximum atomic E-state index is 13.0. The van der Waals surface area contributed by atoms with Crippen molar-refractivity contribution >= 4 is 24.5 Å². The van der Waals surface area contributed by atoms with Crippen LogP contribution < -0.4 is 10.1 Å². The molecular formula is C23H31NO4S. The number of carbonyl (C=O) groups is 2. The number of amides is 1. The van der Waals surface area contributed by atoms with E-state index in [2.05, 4.69) is 19.2 Å². The second-order valence-electron chi connectivity index (χ2n) is 8.08. The van der Waals surface area contributed by atoms with Gasteiger partial charge in [0, 0.05) is 17.1 Å². The zero-order valence-corrected chi connectivity index (χ0v) is 18.2. The van der Waals surface area contributed by atoms with E-state index in [1.54, 1.807) is 19.2 Å². The van der Waals surface area contributed by atoms with E-state index >= 15 is 0 Å². The van der Waals surface area contributed by atoms with Gasteiger partial charge in [-0.2, -0.15) is 12.6 Å². The molecule has 0 heterocycles. The highest BCUT2D eigenvalue weighted by Gasteiger charge is 2.33. The van der Waals surface area contributed by atoms with Gasteiger partial charge in [-0.25, -0.2) is 4.79 Å². The number of carboxylic acid groups (broad SMARTS) is 1. The van der Waals surface area contributed by atoms with Gasteiger partial charge in [-0.3, -0.25) is 4.79 Å². The Hall–Kier alpha value is -2.21. The van der Waals surface area contributed by atoms with Crippen LogP contribution >= 0.6 is 12.6 Å². The molecule has 2 N–H and O–H groups in total. The standard InChI is InChI=1S/C23H31NO4S/c1-16(2)13-18(15-23(29)11-5-4-6-12-23)21(25)24-20(22(26)27)14-17-7-9-19(28-3)10-8-17/h4-11,16,18,20,29H,12-15H2,1-3H3,(H,24,25)(H,26,27)/t18?,20-,23?/m0/s1. The first kappa shape index (κ1) is 23.1. The third kappa shape index (κ3) is 7.28. The lowest BCUT2D eigenvalue weighted by molar-refractivity contribution is -0.142. The van der Waals surface area contributed by atoms with Crippen LogP contribution in [0.25, 0.3) is 0 Å². The Morgan fingerprint density at radius 3 is 2.45 bits per heavy atom. The van der Waals surface area contributed by atoms with Crippen molar-refractivity contribution in [2.75, 3.05) is 7.11 Å². The van der Waals surface area contributed by atoms with Gasteiger partial charge in [-0.1, -0.05) is 50.3 Å². The van der Waals surface area contributed by atoms with Crippen LogP contribution in [-0.4, -0.2) is 34.9 Å². The number of hydrogen-bond donors (Lipinski definition) is 3. The highest BCUT2D eigenvalue weighted by molar-refractivity contribution is 7.82. The SMILES string of the molecule is COc1ccc(C[C@H](NC(=O)C(CC(C)C)CC2(S)C=CC=CC2)C(=O)O)cc1. The number of methoxy groups -OCH3 is 1. The summed E-state index contributed by atoms with van der Waals surface area (Å²) in [4.78, 5) is 24.8. The smallest absolute Gasteiger partial charge is 0.326 e. The van der Waals surface area contributed by atoms with Gasteiger partial charge in [0.2, 0.25) is 5.91 Å². The molecule has 2 unspecified atom stereocenters. The van der Waals surface area contributed by atoms with Gasteiger partial charge >= 0.3 is 5.97 Å². The summed E-state index contributed by atoms with van der Waals surface area (Å²) < 4.78 is 4.74. The summed E-state index contributed by atoms with van der Waals surface area (Å²) in [5.41, 5.74) is 0.824. The molecule has 0 radical (unpaired) electrons. The van der Waals surface area contributed by atoms with E-state index in [-0.39, 0.29) is 23.0 Å². The van der Waals surface area contributed by atoms with Gasteiger partial charge in [-0.15, -0.1) is 0 Å². The Kier molecular flexibility index (Phi) is 8.38. The summed E-state index contributed by atoms with van der Waals surface area (Å²) in [6, 6.07) is 6.21. The molecule has 1 aliphatic rings. The van der Waals surface area contributed by atoms with Crippen LogP contribution in [0, 0.1) is 11.8 Å². The Morgan fingerprint density at radius 1 is 1.24 bits per heavy atom. The topological polar surface area (TPSA) is 75.6 Å². The summed E-state index contributed by atoms with van der Waals surface area (Å²) >= 11 is 4.79. The van der Waals surface area contributed by atoms with E-state index in [0.717, 1.165) is 12.0 Å². The molecular weight excluding hydrogens is 386 g/mol. The second kappa shape index (κ2) is 10.5. The van der Waals surface area contributed by atoms with Crippen molar-refractivity contribution in [2.45, 2.75) is 50.3 Å². The number of benzene rings is 1. The van der Waals surface area contributed by atoms with Crippen LogP contribution in [0.5, 0.6) is 5.75 Å². The second-order valence-corrected chi connectivity index (χ2v) is 8.97. The number of nitrogens with one attached hydrogen (secondary N) is 1. The maximum absolute atomic E-state index is 13.0. The number of allylic oxidation sites excluding steroid dienone is 3. The minimum Gasteiger partial charge on any atom is -0.497 e. The Morgan fingerprint density at radius 2 is 1.93 bits per heavy atom. The van der Waals surface area contributed by atoms with Crippen molar-refractivity contribution in [3.05, 3.63) is 54.1 Å². The van der Waals surface area contributed by atoms with Crippen molar-refractivity contribution in [1.82, 2.24) is 5.32 Å². The lowest BCUT2D eigenvalue weighted by atomic mass is 9.83. The number of hydrogen-bond acceptors (Lipinski definition) is 4. The van der Waals surface area contributed by atoms with Gasteiger partial charge in [0.05, 0.1) is 7.11 Å². The summed E-state index contributed by atoms with van der Waals surface area (Å²) in [5.74, 6) is -0.554. The number of ether oxygens (including phenoxy) is 1. The fraction of sp³-hybridized carbons (Fsp3) is 0.478. The normalized spacial score (nSPS) is 20.3. The van der Waals surface area contributed by atoms with Crippen LogP contribution in [0.3, 0.4) is 0 Å². The molecule has 0 aromatic heterocycles. The zero-order chi connectivity index (χ0) is 21.4. The highest BCUT2D eigenvalue weighted by Crippen LogP contribution is 2.34. The van der Waals surface area contributed by atoms with Crippen LogP contribution in [0.15, 0.2) is 48.6 Å². The molecule has 0 aliphatic heterocycles. The molecule has 29 heavy (non-hydrogen) atoms. The van der Waals surface area contributed by atoms with E-state index in [1.165, 1.54) is 0 Å². The molecule has 1 aliphatic carbocycles. The molecule has 0 saturated heterocycles. The molecule has 5 nitrogen and oxygen atoms in total. The van der Waals surface area contributed by atoms with Crippen LogP contribution in [0.1, 0.15) is 38.7 Å². The summed E-state index contributed by atoms with van der Waals surface area (Å²) in [5, 5.41) is 12.4. The number of rotatable bonds is 10. The highest BCUT2D eigenvalue weighted by atomic mass is 32.1. The lowest BCUT2D eigenvalue weighted by Crippen LogP contribution is -2.46. The summed E-state index contributed by atoms with van der Waals surface area (Å²) in [6.45, 7) is 4.13. The van der Waals surface area contributed by atoms with Crippen molar-refractivity contribution in [3.8, 4) is 5.75 Å². The minimum atomic E-state index is -1.04. The molecule has 0 spiro atoms. The third-order valence-electron chi connectivity index (χ3n) is 5.07. The van der Waals surface area contributed by atoms with Gasteiger partial charge < -0.3 is 15.2 Å². The number of carboxylic acids is 1. The fourth-order valence-corrected chi connectivity index (χ4v) is 3.98. The van der Waals surface area contributed by atoms with Gasteiger partial charge in [0.15, 0.2) is 0 Å². The molecule has 0 fully saturated rings. The first-order valence-corrected chi connectivity index (χ1v) is 10.4. The van der Waals surface area contributed by atoms with Crippen molar-refractivity contribution < 1.29 is 19.4 Å². The van der Waals surface area contributed by atoms with Gasteiger partial charge in [-0.05, 0) is 42.9 Å². The Balaban J connectivity index is 2.09. The van der Waals surface area contributed by atoms with Gasteiger partial charge in [0.1, 0.15) is 11.8 Å². The predicted molar refractivity (Wildman–Crippen MR) is 118 cm³/mol. The quantitative estimate of drug-likeness (QED) is 0.502. The monoisotopic (exact) mass is 417 g/mol. The first-order valence-electron chi connectivity index (χ1n) is 9.95. The van der Waals surface area contributed by atoms with E-state index in [9.17, 15) is 14.7 Å². The average molecular weight is 418 g/mol. The Bertz CT molecular complexity index is 757. The summed E-state index contributed by atoms with van der Waals surface area (Å²) in [7, 11) is 1.58. The molecule has 2 rings (SSSR count). The van der Waals surface area contributed by atoms with E-state index in [1.807, 2.05) is 36.4 Å². The number of thiol groups is 1. The fourth-order valence-electron chi connectivity index (χ4n) is 3.57. The molecule has 1 aromatic rings. The largest absolute Gasteiger partial charge is 0.497 e. The summed E-state index contributed by atoms with van der Waals surface area (Å²) in [6.07, 6.45) is 10.2. The third-order valence-corrected chi connectivity index (χ3v) is 5.58. The minimum absolute atomic E-state index is 0.216. The molecule has 6 heteroatoms. The molecule has 1 amide bonds. The zero-order valence-electron chi connectivity index (χ0n) is 17.3. The molecule has 0 saturated carbocycles. The van der Waals surface area contributed by atoms with Crippen molar-refractivity contribution in [1.29, 1.82) is 0 Å². The number of carbonyl (C=O) groups excluding carboxylic acids is 1.